The molecule has 10 nitrogen and oxygen atoms in total. The van der Waals surface area contributed by atoms with Crippen LogP contribution in [0.4, 0.5) is 38.1 Å². The van der Waals surface area contributed by atoms with Crippen molar-refractivity contribution in [3.8, 4) is 11.1 Å². The first-order valence-corrected chi connectivity index (χ1v) is 14.2. The molecule has 4 rings (SSSR count). The number of nitrogens with zero attached hydrogens (tertiary/aromatic N) is 4. The molecule has 2 atom stereocenters. The van der Waals surface area contributed by atoms with Gasteiger partial charge in [-0.1, -0.05) is 0 Å². The van der Waals surface area contributed by atoms with E-state index in [0.29, 0.717) is 11.9 Å². The highest BCUT2D eigenvalue weighted by atomic mass is 32.2. The number of pyridine rings is 2. The third kappa shape index (κ3) is 7.44. The second kappa shape index (κ2) is 11.8. The summed E-state index contributed by atoms with van der Waals surface area (Å²) in [5.74, 6) is -2.05. The predicted molar refractivity (Wildman–Crippen MR) is 140 cm³/mol. The van der Waals surface area contributed by atoms with Crippen LogP contribution in [0.15, 0.2) is 29.3 Å². The summed E-state index contributed by atoms with van der Waals surface area (Å²) in [5, 5.41) is 6.38. The summed E-state index contributed by atoms with van der Waals surface area (Å²) in [5.41, 5.74) is -1.43. The van der Waals surface area contributed by atoms with Crippen LogP contribution < -0.4 is 20.9 Å². The molecule has 1 aliphatic heterocycles. The van der Waals surface area contributed by atoms with Gasteiger partial charge in [0.1, 0.15) is 17.6 Å². The van der Waals surface area contributed by atoms with Crippen molar-refractivity contribution in [2.24, 2.45) is 0 Å². The van der Waals surface area contributed by atoms with Crippen LogP contribution in [0, 0.1) is 0 Å². The predicted octanol–water partition coefficient (Wildman–Crippen LogP) is 4.18. The van der Waals surface area contributed by atoms with E-state index in [4.69, 9.17) is 0 Å². The Morgan fingerprint density at radius 3 is 2.51 bits per heavy atom. The van der Waals surface area contributed by atoms with Gasteiger partial charge in [-0.15, -0.1) is 0 Å². The number of alkyl halides is 6. The van der Waals surface area contributed by atoms with Gasteiger partial charge in [0.05, 0.1) is 17.7 Å². The van der Waals surface area contributed by atoms with Crippen LogP contribution >= 0.6 is 0 Å². The van der Waals surface area contributed by atoms with Crippen molar-refractivity contribution in [3.63, 3.8) is 0 Å². The fourth-order valence-electron chi connectivity index (χ4n) is 4.39. The van der Waals surface area contributed by atoms with Crippen LogP contribution in [0.5, 0.6) is 0 Å². The molecule has 3 aromatic heterocycles. The average molecular weight is 608 g/mol. The van der Waals surface area contributed by atoms with Gasteiger partial charge < -0.3 is 10.6 Å². The minimum Gasteiger partial charge on any atom is -0.350 e. The standard InChI is InChI=1S/C24H27F6N7O3S/c1-12(2)37-21-14(9-33-23(35-21)34-16-7-15(25)10-31-11-16)6-17(22(37)38)13-5-18(19(26)27)20(32-8-13)36-41(39,40)4-3-24(28,29)30/h5-6,8-9,12,15-16,19,31H,3-4,7,10-11H2,1-2H3,(H,32,36)(H,33,34,35)/t15-,16-/m0/s1. The molecule has 3 N–H and O–H groups in total. The number of sulfonamides is 1. The monoisotopic (exact) mass is 607 g/mol. The van der Waals surface area contributed by atoms with E-state index in [2.05, 4.69) is 25.6 Å². The number of fused-ring (bicyclic) bond motifs is 1. The van der Waals surface area contributed by atoms with E-state index in [-0.39, 0.29) is 41.7 Å². The summed E-state index contributed by atoms with van der Waals surface area (Å²) in [6.45, 7) is 4.16. The molecule has 1 saturated heterocycles. The van der Waals surface area contributed by atoms with E-state index < -0.39 is 64.0 Å². The maximum absolute atomic E-state index is 13.9. The summed E-state index contributed by atoms with van der Waals surface area (Å²) < 4.78 is 106. The number of hydrogen-bond acceptors (Lipinski definition) is 8. The van der Waals surface area contributed by atoms with Gasteiger partial charge in [0.15, 0.2) is 0 Å². The fourth-order valence-corrected chi connectivity index (χ4v) is 5.45. The number of anilines is 2. The lowest BCUT2D eigenvalue weighted by Crippen LogP contribution is -2.44. The van der Waals surface area contributed by atoms with E-state index in [0.717, 1.165) is 12.3 Å². The summed E-state index contributed by atoms with van der Waals surface area (Å²) >= 11 is 0. The SMILES string of the molecule is CC(C)n1c(=O)c(-c2cnc(NS(=O)(=O)CCC(F)(F)F)c(C(F)F)c2)cc2cnc(N[C@@H]3CNC[C@@H](F)C3)nc21. The lowest BCUT2D eigenvalue weighted by Gasteiger charge is -2.26. The van der Waals surface area contributed by atoms with Crippen molar-refractivity contribution >= 4 is 32.8 Å². The molecule has 17 heteroatoms. The van der Waals surface area contributed by atoms with Gasteiger partial charge in [-0.25, -0.2) is 31.6 Å². The van der Waals surface area contributed by atoms with Crippen LogP contribution in [-0.4, -0.2) is 65.2 Å². The van der Waals surface area contributed by atoms with Gasteiger partial charge in [0.2, 0.25) is 16.0 Å². The number of nitrogens with one attached hydrogen (secondary N) is 3. The van der Waals surface area contributed by atoms with Crippen LogP contribution in [0.2, 0.25) is 0 Å². The Kier molecular flexibility index (Phi) is 8.77. The Morgan fingerprint density at radius 2 is 1.88 bits per heavy atom. The Balaban J connectivity index is 1.72. The molecule has 41 heavy (non-hydrogen) atoms. The van der Waals surface area contributed by atoms with Gasteiger partial charge in [-0.3, -0.25) is 14.1 Å². The lowest BCUT2D eigenvalue weighted by molar-refractivity contribution is -0.129. The zero-order valence-electron chi connectivity index (χ0n) is 21.8. The largest absolute Gasteiger partial charge is 0.390 e. The van der Waals surface area contributed by atoms with Gasteiger partial charge in [-0.2, -0.15) is 18.2 Å². The molecule has 3 aromatic rings. The topological polar surface area (TPSA) is 131 Å². The first kappa shape index (κ1) is 30.5. The van der Waals surface area contributed by atoms with Crippen molar-refractivity contribution in [3.05, 3.63) is 40.4 Å². The summed E-state index contributed by atoms with van der Waals surface area (Å²) in [7, 11) is -4.65. The van der Waals surface area contributed by atoms with Crippen molar-refractivity contribution in [2.75, 3.05) is 28.9 Å². The van der Waals surface area contributed by atoms with Crippen molar-refractivity contribution in [1.29, 1.82) is 0 Å². The number of aromatic nitrogens is 4. The molecular weight excluding hydrogens is 580 g/mol. The average Bonchev–Trinajstić information content (AvgIpc) is 2.86. The minimum absolute atomic E-state index is 0.0619. The quantitative estimate of drug-likeness (QED) is 0.309. The molecule has 1 aliphatic rings. The zero-order chi connectivity index (χ0) is 30.1. The maximum Gasteiger partial charge on any atom is 0.390 e. The number of halogens is 6. The molecule has 0 unspecified atom stereocenters. The molecule has 0 amide bonds. The number of piperidine rings is 1. The van der Waals surface area contributed by atoms with Crippen LogP contribution in [0.1, 0.15) is 44.7 Å². The van der Waals surface area contributed by atoms with Gasteiger partial charge in [0.25, 0.3) is 12.0 Å². The van der Waals surface area contributed by atoms with E-state index in [1.807, 2.05) is 0 Å². The Morgan fingerprint density at radius 1 is 1.15 bits per heavy atom. The second-order valence-electron chi connectivity index (χ2n) is 9.88. The molecular formula is C24H27F6N7O3S. The highest BCUT2D eigenvalue weighted by molar-refractivity contribution is 7.92. The highest BCUT2D eigenvalue weighted by Crippen LogP contribution is 2.31. The first-order chi connectivity index (χ1) is 19.1. The van der Waals surface area contributed by atoms with Gasteiger partial charge >= 0.3 is 6.18 Å². The number of hydrogen-bond donors (Lipinski definition) is 3. The zero-order valence-corrected chi connectivity index (χ0v) is 22.7. The molecule has 0 aliphatic carbocycles. The first-order valence-electron chi connectivity index (χ1n) is 12.5. The molecule has 4 heterocycles. The summed E-state index contributed by atoms with van der Waals surface area (Å²) in [6, 6.07) is 1.51. The van der Waals surface area contributed by atoms with Crippen LogP contribution in [0.25, 0.3) is 22.2 Å². The molecule has 0 spiro atoms. The molecule has 0 radical (unpaired) electrons. The number of rotatable bonds is 9. The molecule has 224 valence electrons. The van der Waals surface area contributed by atoms with Crippen molar-refractivity contribution in [2.45, 2.75) is 57.5 Å². The van der Waals surface area contributed by atoms with Gasteiger partial charge in [-0.05, 0) is 26.0 Å². The molecule has 1 fully saturated rings. The summed E-state index contributed by atoms with van der Waals surface area (Å²) in [6.07, 6.45) is -8.12. The lowest BCUT2D eigenvalue weighted by atomic mass is 10.1. The third-order valence-corrected chi connectivity index (χ3v) is 7.54. The molecule has 0 bridgehead atoms. The van der Waals surface area contributed by atoms with E-state index >= 15 is 0 Å². The van der Waals surface area contributed by atoms with E-state index in [1.54, 1.807) is 18.6 Å². The summed E-state index contributed by atoms with van der Waals surface area (Å²) in [4.78, 5) is 25.9. The Labute approximate surface area is 230 Å². The third-order valence-electron chi connectivity index (χ3n) is 6.29. The Hall–Kier alpha value is -3.47. The molecule has 0 saturated carbocycles. The molecule has 0 aromatic carbocycles. The van der Waals surface area contributed by atoms with Gasteiger partial charge in [0, 0.05) is 60.5 Å². The van der Waals surface area contributed by atoms with Crippen LogP contribution in [0.3, 0.4) is 0 Å². The Bertz CT molecular complexity index is 1580. The smallest absolute Gasteiger partial charge is 0.350 e. The van der Waals surface area contributed by atoms with E-state index in [1.165, 1.54) is 16.8 Å². The second-order valence-corrected chi connectivity index (χ2v) is 11.7. The normalized spacial score (nSPS) is 18.3. The van der Waals surface area contributed by atoms with Crippen molar-refractivity contribution < 1.29 is 34.8 Å². The maximum atomic E-state index is 13.9. The van der Waals surface area contributed by atoms with E-state index in [9.17, 15) is 39.6 Å². The minimum atomic E-state index is -4.77. The van der Waals surface area contributed by atoms with Crippen LogP contribution in [-0.2, 0) is 10.0 Å². The van der Waals surface area contributed by atoms with Crippen molar-refractivity contribution in [1.82, 2.24) is 24.8 Å². The highest BCUT2D eigenvalue weighted by Gasteiger charge is 2.31. The fraction of sp³-hybridized carbons (Fsp3) is 0.500.